The van der Waals surface area contributed by atoms with Crippen LogP contribution in [0.4, 0.5) is 0 Å². The number of halogens is 1. The van der Waals surface area contributed by atoms with Crippen LogP contribution in [0.1, 0.15) is 66.2 Å². The van der Waals surface area contributed by atoms with Gasteiger partial charge in [-0.3, -0.25) is 9.79 Å². The van der Waals surface area contributed by atoms with Crippen LogP contribution in [-0.2, 0) is 4.79 Å². The predicted molar refractivity (Wildman–Crippen MR) is 126 cm³/mol. The lowest BCUT2D eigenvalue weighted by atomic mass is 10.0. The number of hydrogen-bond donors (Lipinski definition) is 2. The summed E-state index contributed by atoms with van der Waals surface area (Å²) in [5, 5.41) is 6.72. The molecular weight excluding hydrogens is 453 g/mol. The second kappa shape index (κ2) is 15.4. The number of piperidine rings is 1. The molecule has 0 radical (unpaired) electrons. The normalized spacial score (nSPS) is 18.8. The molecule has 2 unspecified atom stereocenters. The van der Waals surface area contributed by atoms with Crippen LogP contribution in [0.3, 0.4) is 0 Å². The molecule has 6 nitrogen and oxygen atoms in total. The number of carbonyl (C=O) groups excluding carboxylic acids is 1. The van der Waals surface area contributed by atoms with Gasteiger partial charge >= 0.3 is 0 Å². The van der Waals surface area contributed by atoms with Gasteiger partial charge in [-0.1, -0.05) is 13.8 Å². The minimum atomic E-state index is 0. The standard InChI is InChI=1S/C20H41N5O.HI/c1-6-24(7-2)15-10-11-17(3)23-20(21-5)22-14-13-19(26)25-16-9-8-12-18(25)4;/h17-18H,6-16H2,1-5H3,(H2,21,22,23);1H. The molecule has 0 aromatic rings. The summed E-state index contributed by atoms with van der Waals surface area (Å²) in [6, 6.07) is 0.758. The summed E-state index contributed by atoms with van der Waals surface area (Å²) in [6.45, 7) is 13.7. The number of nitrogens with one attached hydrogen (secondary N) is 2. The van der Waals surface area contributed by atoms with E-state index >= 15 is 0 Å². The number of carbonyl (C=O) groups is 1. The first-order valence-corrected chi connectivity index (χ1v) is 10.5. The van der Waals surface area contributed by atoms with Crippen molar-refractivity contribution in [3.8, 4) is 0 Å². The summed E-state index contributed by atoms with van der Waals surface area (Å²) >= 11 is 0. The Hall–Kier alpha value is -0.570. The van der Waals surface area contributed by atoms with E-state index in [4.69, 9.17) is 0 Å². The van der Waals surface area contributed by atoms with Crippen LogP contribution in [0.2, 0.25) is 0 Å². The Morgan fingerprint density at radius 2 is 2.00 bits per heavy atom. The molecule has 1 amide bonds. The number of aliphatic imine (C=N–C) groups is 1. The van der Waals surface area contributed by atoms with Gasteiger partial charge in [0.1, 0.15) is 0 Å². The Kier molecular flexibility index (Phi) is 15.0. The average Bonchev–Trinajstić information content (AvgIpc) is 2.64. The number of nitrogens with zero attached hydrogens (tertiary/aromatic N) is 3. The maximum atomic E-state index is 12.4. The Morgan fingerprint density at radius 3 is 2.59 bits per heavy atom. The third-order valence-electron chi connectivity index (χ3n) is 5.37. The zero-order valence-electron chi connectivity index (χ0n) is 18.1. The van der Waals surface area contributed by atoms with Crippen molar-refractivity contribution in [2.45, 2.75) is 78.3 Å². The summed E-state index contributed by atoms with van der Waals surface area (Å²) in [6.07, 6.45) is 6.33. The summed E-state index contributed by atoms with van der Waals surface area (Å²) in [7, 11) is 1.78. The van der Waals surface area contributed by atoms with Crippen molar-refractivity contribution in [1.82, 2.24) is 20.4 Å². The zero-order chi connectivity index (χ0) is 19.4. The molecule has 2 N–H and O–H groups in total. The summed E-state index contributed by atoms with van der Waals surface area (Å²) in [5.74, 6) is 1.05. The molecule has 27 heavy (non-hydrogen) atoms. The molecule has 1 aliphatic heterocycles. The van der Waals surface area contributed by atoms with Gasteiger partial charge in [0.25, 0.3) is 0 Å². The van der Waals surface area contributed by atoms with Crippen molar-refractivity contribution < 1.29 is 4.79 Å². The van der Waals surface area contributed by atoms with Crippen LogP contribution >= 0.6 is 24.0 Å². The van der Waals surface area contributed by atoms with Gasteiger partial charge in [-0.25, -0.2) is 0 Å². The van der Waals surface area contributed by atoms with Crippen molar-refractivity contribution in [2.24, 2.45) is 4.99 Å². The first kappa shape index (κ1) is 26.4. The molecule has 1 fully saturated rings. The topological polar surface area (TPSA) is 60.0 Å². The number of rotatable bonds is 10. The van der Waals surface area contributed by atoms with E-state index in [2.05, 4.69) is 48.2 Å². The van der Waals surface area contributed by atoms with Gasteiger partial charge in [0.05, 0.1) is 0 Å². The fourth-order valence-corrected chi connectivity index (χ4v) is 3.56. The molecule has 1 rings (SSSR count). The Labute approximate surface area is 183 Å². The molecule has 0 aliphatic carbocycles. The molecule has 0 spiro atoms. The minimum absolute atomic E-state index is 0. The highest BCUT2D eigenvalue weighted by Crippen LogP contribution is 2.16. The van der Waals surface area contributed by atoms with Crippen LogP contribution in [0.25, 0.3) is 0 Å². The van der Waals surface area contributed by atoms with E-state index in [-0.39, 0.29) is 29.9 Å². The average molecular weight is 495 g/mol. The monoisotopic (exact) mass is 495 g/mol. The van der Waals surface area contributed by atoms with Crippen LogP contribution in [0.5, 0.6) is 0 Å². The van der Waals surface area contributed by atoms with Crippen LogP contribution in [0, 0.1) is 0 Å². The highest BCUT2D eigenvalue weighted by atomic mass is 127. The first-order chi connectivity index (χ1) is 12.5. The fourth-order valence-electron chi connectivity index (χ4n) is 3.56. The van der Waals surface area contributed by atoms with Crippen molar-refractivity contribution in [3.05, 3.63) is 0 Å². The largest absolute Gasteiger partial charge is 0.356 e. The quantitative estimate of drug-likeness (QED) is 0.278. The predicted octanol–water partition coefficient (Wildman–Crippen LogP) is 3.07. The highest BCUT2D eigenvalue weighted by Gasteiger charge is 2.22. The van der Waals surface area contributed by atoms with Gasteiger partial charge in [-0.2, -0.15) is 0 Å². The molecule has 2 atom stereocenters. The molecule has 1 heterocycles. The van der Waals surface area contributed by atoms with Gasteiger partial charge in [0.15, 0.2) is 5.96 Å². The Bertz CT molecular complexity index is 429. The Balaban J connectivity index is 0.00000676. The molecule has 0 bridgehead atoms. The summed E-state index contributed by atoms with van der Waals surface area (Å²) in [4.78, 5) is 21.2. The lowest BCUT2D eigenvalue weighted by Crippen LogP contribution is -2.45. The first-order valence-electron chi connectivity index (χ1n) is 10.5. The fraction of sp³-hybridized carbons (Fsp3) is 0.900. The third kappa shape index (κ3) is 10.5. The molecule has 7 heteroatoms. The number of likely N-dealkylation sites (tertiary alicyclic amines) is 1. The van der Waals surface area contributed by atoms with Gasteiger partial charge in [-0.05, 0) is 65.6 Å². The Morgan fingerprint density at radius 1 is 1.30 bits per heavy atom. The van der Waals surface area contributed by atoms with Crippen LogP contribution in [0.15, 0.2) is 4.99 Å². The SMILES string of the molecule is CCN(CC)CCCC(C)NC(=NC)NCCC(=O)N1CCCCC1C.I. The summed E-state index contributed by atoms with van der Waals surface area (Å²) < 4.78 is 0. The van der Waals surface area contributed by atoms with E-state index in [1.165, 1.54) is 12.8 Å². The van der Waals surface area contributed by atoms with Crippen molar-refractivity contribution in [3.63, 3.8) is 0 Å². The molecule has 160 valence electrons. The number of guanidine groups is 1. The maximum Gasteiger partial charge on any atom is 0.224 e. The van der Waals surface area contributed by atoms with E-state index in [1.807, 2.05) is 4.90 Å². The second-order valence-corrected chi connectivity index (χ2v) is 7.40. The van der Waals surface area contributed by atoms with E-state index in [0.717, 1.165) is 51.4 Å². The number of amides is 1. The lowest BCUT2D eigenvalue weighted by Gasteiger charge is -2.33. The van der Waals surface area contributed by atoms with E-state index < -0.39 is 0 Å². The van der Waals surface area contributed by atoms with Gasteiger partial charge < -0.3 is 20.4 Å². The van der Waals surface area contributed by atoms with Gasteiger partial charge in [0, 0.05) is 38.6 Å². The molecular formula is C20H42IN5O. The lowest BCUT2D eigenvalue weighted by molar-refractivity contribution is -0.134. The minimum Gasteiger partial charge on any atom is -0.356 e. The highest BCUT2D eigenvalue weighted by molar-refractivity contribution is 14.0. The van der Waals surface area contributed by atoms with Crippen molar-refractivity contribution in [1.29, 1.82) is 0 Å². The molecule has 0 aromatic carbocycles. The number of hydrogen-bond acceptors (Lipinski definition) is 3. The van der Waals surface area contributed by atoms with Gasteiger partial charge in [-0.15, -0.1) is 24.0 Å². The smallest absolute Gasteiger partial charge is 0.224 e. The van der Waals surface area contributed by atoms with Crippen LogP contribution < -0.4 is 10.6 Å². The third-order valence-corrected chi connectivity index (χ3v) is 5.37. The maximum absolute atomic E-state index is 12.4. The molecule has 1 aliphatic rings. The van der Waals surface area contributed by atoms with Crippen molar-refractivity contribution in [2.75, 3.05) is 39.8 Å². The van der Waals surface area contributed by atoms with Crippen molar-refractivity contribution >= 4 is 35.8 Å². The van der Waals surface area contributed by atoms with Crippen LogP contribution in [-0.4, -0.2) is 73.5 Å². The molecule has 1 saturated heterocycles. The van der Waals surface area contributed by atoms with Gasteiger partial charge in [0.2, 0.25) is 5.91 Å². The second-order valence-electron chi connectivity index (χ2n) is 7.40. The van der Waals surface area contributed by atoms with E-state index in [1.54, 1.807) is 7.05 Å². The van der Waals surface area contributed by atoms with E-state index in [9.17, 15) is 4.79 Å². The summed E-state index contributed by atoms with van der Waals surface area (Å²) in [5.41, 5.74) is 0. The zero-order valence-corrected chi connectivity index (χ0v) is 20.4. The molecule has 0 aromatic heterocycles. The van der Waals surface area contributed by atoms with E-state index in [0.29, 0.717) is 25.0 Å². The molecule has 0 saturated carbocycles.